The first-order chi connectivity index (χ1) is 12.1. The van der Waals surface area contributed by atoms with Gasteiger partial charge in [-0.25, -0.2) is 4.39 Å². The van der Waals surface area contributed by atoms with E-state index in [0.29, 0.717) is 5.56 Å². The van der Waals surface area contributed by atoms with Crippen LogP contribution >= 0.6 is 0 Å². The summed E-state index contributed by atoms with van der Waals surface area (Å²) in [6.45, 7) is 11.4. The second-order valence-corrected chi connectivity index (χ2v) is 6.51. The average molecular weight is 339 g/mol. The van der Waals surface area contributed by atoms with Gasteiger partial charge in [0.2, 0.25) is 0 Å². The summed E-state index contributed by atoms with van der Waals surface area (Å²) in [5.41, 5.74) is 6.51. The van der Waals surface area contributed by atoms with Crippen LogP contribution in [-0.2, 0) is 13.0 Å². The minimum atomic E-state index is -0.132. The maximum Gasteiger partial charge on any atom is 0.126 e. The maximum absolute atomic E-state index is 12.3. The van der Waals surface area contributed by atoms with Crippen molar-refractivity contribution >= 4 is 10.9 Å². The maximum atomic E-state index is 12.3. The van der Waals surface area contributed by atoms with E-state index < -0.39 is 0 Å². The fourth-order valence-corrected chi connectivity index (χ4v) is 3.46. The van der Waals surface area contributed by atoms with E-state index in [1.165, 1.54) is 59.6 Å². The van der Waals surface area contributed by atoms with Crippen LogP contribution in [0.5, 0.6) is 0 Å². The molecule has 0 bridgehead atoms. The second-order valence-electron chi connectivity index (χ2n) is 6.51. The van der Waals surface area contributed by atoms with Gasteiger partial charge in [0.05, 0.1) is 5.52 Å². The predicted molar refractivity (Wildman–Crippen MR) is 107 cm³/mol. The molecule has 0 spiro atoms. The van der Waals surface area contributed by atoms with E-state index in [0.717, 1.165) is 0 Å². The van der Waals surface area contributed by atoms with Gasteiger partial charge in [-0.1, -0.05) is 43.7 Å². The Labute approximate surface area is 151 Å². The molecule has 0 radical (unpaired) electrons. The number of hydrogen-bond acceptors (Lipinski definition) is 0. The molecule has 2 aromatic carbocycles. The van der Waals surface area contributed by atoms with Crippen molar-refractivity contribution in [2.45, 2.75) is 60.4 Å². The van der Waals surface area contributed by atoms with Gasteiger partial charge in [-0.05, 0) is 69.4 Å². The molecule has 0 fully saturated rings. The van der Waals surface area contributed by atoms with E-state index in [-0.39, 0.29) is 5.82 Å². The summed E-state index contributed by atoms with van der Waals surface area (Å²) in [6.07, 6.45) is 3.95. The van der Waals surface area contributed by atoms with Crippen LogP contribution in [-0.4, -0.2) is 4.57 Å². The fraction of sp³-hybridized carbons (Fsp3) is 0.391. The standard InChI is InChI=1S/C14H17N.C7H7F.C2H6/c1-10-7-11(2)14-12(8-10)9-13-5-3-4-6-15(13)14;1-6-4-2-3-5-7(6)8;1-2/h7-9H,3-6H2,1-2H3;2-5H,1H3;1-2H3. The third-order valence-corrected chi connectivity index (χ3v) is 4.55. The van der Waals surface area contributed by atoms with Crippen LogP contribution in [0.2, 0.25) is 0 Å². The van der Waals surface area contributed by atoms with E-state index in [1.54, 1.807) is 19.1 Å². The summed E-state index contributed by atoms with van der Waals surface area (Å²) in [5.74, 6) is -0.132. The van der Waals surface area contributed by atoms with Crippen LogP contribution in [0.15, 0.2) is 42.5 Å². The van der Waals surface area contributed by atoms with Crippen molar-refractivity contribution in [1.29, 1.82) is 0 Å². The van der Waals surface area contributed by atoms with Crippen molar-refractivity contribution in [1.82, 2.24) is 4.57 Å². The summed E-state index contributed by atoms with van der Waals surface area (Å²) in [4.78, 5) is 0. The number of hydrogen-bond donors (Lipinski definition) is 0. The normalized spacial score (nSPS) is 12.6. The van der Waals surface area contributed by atoms with Crippen LogP contribution < -0.4 is 0 Å². The summed E-state index contributed by atoms with van der Waals surface area (Å²) >= 11 is 0. The molecule has 0 unspecified atom stereocenters. The second kappa shape index (κ2) is 8.84. The number of nitrogens with zero attached hydrogens (tertiary/aromatic N) is 1. The molecule has 4 rings (SSSR count). The Morgan fingerprint density at radius 2 is 1.60 bits per heavy atom. The zero-order chi connectivity index (χ0) is 18.4. The monoisotopic (exact) mass is 339 g/mol. The topological polar surface area (TPSA) is 4.93 Å². The molecule has 25 heavy (non-hydrogen) atoms. The predicted octanol–water partition coefficient (Wildman–Crippen LogP) is 6.75. The molecule has 3 aromatic rings. The van der Waals surface area contributed by atoms with E-state index in [1.807, 2.05) is 19.9 Å². The molecule has 1 aromatic heterocycles. The molecule has 1 aliphatic heterocycles. The quantitative estimate of drug-likeness (QED) is 0.426. The van der Waals surface area contributed by atoms with E-state index >= 15 is 0 Å². The summed E-state index contributed by atoms with van der Waals surface area (Å²) < 4.78 is 14.8. The number of fused-ring (bicyclic) bond motifs is 3. The first kappa shape index (κ1) is 19.2. The molecule has 0 N–H and O–H groups in total. The van der Waals surface area contributed by atoms with E-state index in [4.69, 9.17) is 0 Å². The zero-order valence-corrected chi connectivity index (χ0v) is 16.2. The summed E-state index contributed by atoms with van der Waals surface area (Å²) in [5, 5.41) is 1.43. The fourth-order valence-electron chi connectivity index (χ4n) is 3.46. The molecule has 0 saturated heterocycles. The van der Waals surface area contributed by atoms with Gasteiger partial charge < -0.3 is 4.57 Å². The molecule has 0 saturated carbocycles. The third-order valence-electron chi connectivity index (χ3n) is 4.55. The molecule has 0 aliphatic carbocycles. The minimum absolute atomic E-state index is 0.132. The highest BCUT2D eigenvalue weighted by molar-refractivity contribution is 5.85. The van der Waals surface area contributed by atoms with Gasteiger partial charge in [-0.2, -0.15) is 0 Å². The van der Waals surface area contributed by atoms with Crippen LogP contribution in [0.25, 0.3) is 10.9 Å². The smallest absolute Gasteiger partial charge is 0.126 e. The number of rotatable bonds is 0. The van der Waals surface area contributed by atoms with Crippen molar-refractivity contribution < 1.29 is 4.39 Å². The molecular formula is C23H30FN. The van der Waals surface area contributed by atoms with Crippen molar-refractivity contribution in [3.05, 3.63) is 70.7 Å². The van der Waals surface area contributed by atoms with Gasteiger partial charge >= 0.3 is 0 Å². The van der Waals surface area contributed by atoms with Gasteiger partial charge in [0.1, 0.15) is 5.82 Å². The molecule has 0 amide bonds. The third kappa shape index (κ3) is 4.50. The molecule has 2 heterocycles. The van der Waals surface area contributed by atoms with Crippen LogP contribution in [0.3, 0.4) is 0 Å². The zero-order valence-electron chi connectivity index (χ0n) is 16.2. The summed E-state index contributed by atoms with van der Waals surface area (Å²) in [6, 6.07) is 13.7. The minimum Gasteiger partial charge on any atom is -0.344 e. The van der Waals surface area contributed by atoms with Crippen molar-refractivity contribution in [3.63, 3.8) is 0 Å². The first-order valence-corrected chi connectivity index (χ1v) is 9.37. The Kier molecular flexibility index (Phi) is 6.81. The lowest BCUT2D eigenvalue weighted by molar-refractivity contribution is 0.544. The van der Waals surface area contributed by atoms with Gasteiger partial charge in [0.15, 0.2) is 0 Å². The Balaban J connectivity index is 0.000000192. The van der Waals surface area contributed by atoms with E-state index in [9.17, 15) is 4.39 Å². The average Bonchev–Trinajstić information content (AvgIpc) is 2.98. The molecular weight excluding hydrogens is 309 g/mol. The number of aromatic nitrogens is 1. The lowest BCUT2D eigenvalue weighted by Gasteiger charge is -2.16. The molecule has 1 nitrogen and oxygen atoms in total. The number of benzene rings is 2. The van der Waals surface area contributed by atoms with Gasteiger partial charge in [0, 0.05) is 17.6 Å². The SMILES string of the molecule is CC.Cc1cc(C)c2c(c1)cc1n2CCCC1.Cc1ccccc1F. The Bertz CT molecular complexity index is 808. The van der Waals surface area contributed by atoms with Gasteiger partial charge in [-0.15, -0.1) is 0 Å². The Hall–Kier alpha value is -2.09. The lowest BCUT2D eigenvalue weighted by Crippen LogP contribution is -2.09. The van der Waals surface area contributed by atoms with Crippen molar-refractivity contribution in [3.8, 4) is 0 Å². The first-order valence-electron chi connectivity index (χ1n) is 9.37. The molecule has 0 atom stereocenters. The molecule has 134 valence electrons. The summed E-state index contributed by atoms with van der Waals surface area (Å²) in [7, 11) is 0. The van der Waals surface area contributed by atoms with E-state index in [2.05, 4.69) is 36.6 Å². The van der Waals surface area contributed by atoms with Gasteiger partial charge in [-0.3, -0.25) is 0 Å². The highest BCUT2D eigenvalue weighted by Crippen LogP contribution is 2.28. The Morgan fingerprint density at radius 3 is 2.24 bits per heavy atom. The lowest BCUT2D eigenvalue weighted by atomic mass is 10.1. The van der Waals surface area contributed by atoms with Crippen molar-refractivity contribution in [2.24, 2.45) is 0 Å². The molecule has 1 aliphatic rings. The highest BCUT2D eigenvalue weighted by Gasteiger charge is 2.14. The van der Waals surface area contributed by atoms with Crippen LogP contribution in [0.4, 0.5) is 4.39 Å². The molecule has 2 heteroatoms. The van der Waals surface area contributed by atoms with Gasteiger partial charge in [0.25, 0.3) is 0 Å². The van der Waals surface area contributed by atoms with Crippen molar-refractivity contribution in [2.75, 3.05) is 0 Å². The largest absolute Gasteiger partial charge is 0.344 e. The van der Waals surface area contributed by atoms with Crippen LogP contribution in [0.1, 0.15) is 49.1 Å². The number of aryl methyl sites for hydroxylation is 5. The number of halogens is 1. The highest BCUT2D eigenvalue weighted by atomic mass is 19.1. The Morgan fingerprint density at radius 1 is 0.880 bits per heavy atom. The van der Waals surface area contributed by atoms with Crippen LogP contribution in [0, 0.1) is 26.6 Å².